The van der Waals surface area contributed by atoms with Gasteiger partial charge in [0.15, 0.2) is 0 Å². The van der Waals surface area contributed by atoms with E-state index in [-0.39, 0.29) is 18.2 Å². The minimum absolute atomic E-state index is 0.243. The number of halogens is 1. The Morgan fingerprint density at radius 2 is 2.14 bits per heavy atom. The summed E-state index contributed by atoms with van der Waals surface area (Å²) in [4.78, 5) is 21.1. The number of aliphatic hydroxyl groups is 1. The molecule has 1 atom stereocenters. The molecule has 1 amide bonds. The zero-order valence-corrected chi connectivity index (χ0v) is 15.8. The number of nitrogens with one attached hydrogen (secondary N) is 2. The number of pyridine rings is 1. The Bertz CT molecular complexity index is 986. The molecule has 2 aromatic heterocycles. The Morgan fingerprint density at radius 1 is 1.29 bits per heavy atom. The fourth-order valence-corrected chi connectivity index (χ4v) is 3.07. The van der Waals surface area contributed by atoms with Crippen molar-refractivity contribution in [1.29, 1.82) is 0 Å². The van der Waals surface area contributed by atoms with Gasteiger partial charge in [0.1, 0.15) is 17.8 Å². The average Bonchev–Trinajstić information content (AvgIpc) is 3.37. The van der Waals surface area contributed by atoms with Crippen molar-refractivity contribution in [1.82, 2.24) is 19.9 Å². The molecule has 0 bridgehead atoms. The summed E-state index contributed by atoms with van der Waals surface area (Å²) >= 11 is 6.00. The number of aromatic nitrogens is 3. The molecule has 0 saturated heterocycles. The van der Waals surface area contributed by atoms with Crippen molar-refractivity contribution in [2.75, 3.05) is 11.9 Å². The van der Waals surface area contributed by atoms with Crippen LogP contribution in [0.25, 0.3) is 5.69 Å². The van der Waals surface area contributed by atoms with Gasteiger partial charge in [0.2, 0.25) is 0 Å². The van der Waals surface area contributed by atoms with Crippen LogP contribution in [0.15, 0.2) is 55.1 Å². The molecule has 8 heteroatoms. The van der Waals surface area contributed by atoms with Gasteiger partial charge in [-0.3, -0.25) is 4.79 Å². The lowest BCUT2D eigenvalue weighted by Gasteiger charge is -2.16. The normalized spacial score (nSPS) is 14.5. The largest absolute Gasteiger partial charge is 0.394 e. The molecule has 2 heterocycles. The molecule has 28 heavy (non-hydrogen) atoms. The zero-order chi connectivity index (χ0) is 19.5. The van der Waals surface area contributed by atoms with Gasteiger partial charge >= 0.3 is 0 Å². The standard InChI is InChI=1S/C20H20ClN5O2/c21-14-3-1-2-13(8-14)18(11-27)25-20(28)17-10-26(12-23-17)16-6-7-22-19(9-16)24-15-4-5-15/h1-3,6-10,12,15,18,27H,4-5,11H2,(H,22,24)(H,25,28)/t18-/m1/s1. The molecule has 0 radical (unpaired) electrons. The maximum absolute atomic E-state index is 12.6. The number of hydrogen-bond donors (Lipinski definition) is 3. The van der Waals surface area contributed by atoms with Crippen molar-refractivity contribution in [3.05, 3.63) is 71.4 Å². The van der Waals surface area contributed by atoms with Gasteiger partial charge in [-0.25, -0.2) is 9.97 Å². The number of benzene rings is 1. The van der Waals surface area contributed by atoms with E-state index in [4.69, 9.17) is 11.6 Å². The number of imidazole rings is 1. The number of hydrogen-bond acceptors (Lipinski definition) is 5. The molecule has 1 aliphatic carbocycles. The number of carbonyl (C=O) groups is 1. The first-order valence-electron chi connectivity index (χ1n) is 9.06. The summed E-state index contributed by atoms with van der Waals surface area (Å²) in [5.41, 5.74) is 1.85. The monoisotopic (exact) mass is 397 g/mol. The van der Waals surface area contributed by atoms with E-state index in [0.717, 1.165) is 17.1 Å². The summed E-state index contributed by atoms with van der Waals surface area (Å²) in [5, 5.41) is 16.3. The van der Waals surface area contributed by atoms with Crippen LogP contribution < -0.4 is 10.6 Å². The molecule has 0 unspecified atom stereocenters. The van der Waals surface area contributed by atoms with Crippen LogP contribution in [-0.4, -0.2) is 38.2 Å². The lowest BCUT2D eigenvalue weighted by atomic mass is 10.1. The van der Waals surface area contributed by atoms with Crippen molar-refractivity contribution >= 4 is 23.3 Å². The topological polar surface area (TPSA) is 92.1 Å². The van der Waals surface area contributed by atoms with Crippen LogP contribution in [-0.2, 0) is 0 Å². The SMILES string of the molecule is O=C(N[C@H](CO)c1cccc(Cl)c1)c1cn(-c2ccnc(NC3CC3)c2)cn1. The number of carbonyl (C=O) groups excluding carboxylic acids is 1. The van der Waals surface area contributed by atoms with Crippen molar-refractivity contribution in [2.24, 2.45) is 0 Å². The molecule has 1 fully saturated rings. The average molecular weight is 398 g/mol. The Labute approximate surface area is 167 Å². The van der Waals surface area contributed by atoms with Crippen LogP contribution in [0.3, 0.4) is 0 Å². The van der Waals surface area contributed by atoms with Crippen LogP contribution in [0.4, 0.5) is 5.82 Å². The maximum atomic E-state index is 12.6. The molecule has 144 valence electrons. The summed E-state index contributed by atoms with van der Waals surface area (Å²) < 4.78 is 1.77. The minimum atomic E-state index is -0.563. The van der Waals surface area contributed by atoms with Crippen LogP contribution in [0.5, 0.6) is 0 Å². The Hall–Kier alpha value is -2.90. The predicted octanol–water partition coefficient (Wildman–Crippen LogP) is 2.96. The summed E-state index contributed by atoms with van der Waals surface area (Å²) in [6.07, 6.45) is 7.29. The van der Waals surface area contributed by atoms with Gasteiger partial charge < -0.3 is 20.3 Å². The first-order chi connectivity index (χ1) is 13.6. The highest BCUT2D eigenvalue weighted by atomic mass is 35.5. The molecule has 3 N–H and O–H groups in total. The highest BCUT2D eigenvalue weighted by Gasteiger charge is 2.21. The lowest BCUT2D eigenvalue weighted by Crippen LogP contribution is -2.31. The first kappa shape index (κ1) is 18.5. The highest BCUT2D eigenvalue weighted by molar-refractivity contribution is 6.30. The third-order valence-electron chi connectivity index (χ3n) is 4.53. The van der Waals surface area contributed by atoms with Gasteiger partial charge in [-0.1, -0.05) is 23.7 Å². The fourth-order valence-electron chi connectivity index (χ4n) is 2.87. The minimum Gasteiger partial charge on any atom is -0.394 e. The molecule has 4 rings (SSSR count). The summed E-state index contributed by atoms with van der Waals surface area (Å²) in [5.74, 6) is 0.434. The smallest absolute Gasteiger partial charge is 0.272 e. The highest BCUT2D eigenvalue weighted by Crippen LogP contribution is 2.24. The molecule has 1 saturated carbocycles. The van der Waals surface area contributed by atoms with Gasteiger partial charge in [0.05, 0.1) is 18.3 Å². The molecular formula is C20H20ClN5O2. The van der Waals surface area contributed by atoms with E-state index in [0.29, 0.717) is 11.1 Å². The van der Waals surface area contributed by atoms with Gasteiger partial charge in [-0.05, 0) is 36.6 Å². The van der Waals surface area contributed by atoms with E-state index in [1.54, 1.807) is 47.6 Å². The third kappa shape index (κ3) is 4.32. The van der Waals surface area contributed by atoms with E-state index in [1.807, 2.05) is 12.1 Å². The second kappa shape index (κ2) is 8.00. The van der Waals surface area contributed by atoms with Gasteiger partial charge in [0, 0.05) is 29.5 Å². The van der Waals surface area contributed by atoms with Crippen LogP contribution in [0, 0.1) is 0 Å². The summed E-state index contributed by atoms with van der Waals surface area (Å²) in [7, 11) is 0. The second-order valence-electron chi connectivity index (χ2n) is 6.75. The van der Waals surface area contributed by atoms with E-state index in [9.17, 15) is 9.90 Å². The molecule has 7 nitrogen and oxygen atoms in total. The van der Waals surface area contributed by atoms with Crippen molar-refractivity contribution in [2.45, 2.75) is 24.9 Å². The Kier molecular flexibility index (Phi) is 5.27. The number of anilines is 1. The molecule has 1 aliphatic rings. The molecule has 0 aliphatic heterocycles. The molecule has 0 spiro atoms. The molecule has 1 aromatic carbocycles. The third-order valence-corrected chi connectivity index (χ3v) is 4.76. The maximum Gasteiger partial charge on any atom is 0.272 e. The van der Waals surface area contributed by atoms with Crippen LogP contribution in [0.1, 0.15) is 34.9 Å². The number of nitrogens with zero attached hydrogens (tertiary/aromatic N) is 3. The van der Waals surface area contributed by atoms with Gasteiger partial charge in [0.25, 0.3) is 5.91 Å². The van der Waals surface area contributed by atoms with Gasteiger partial charge in [-0.15, -0.1) is 0 Å². The first-order valence-corrected chi connectivity index (χ1v) is 9.44. The Morgan fingerprint density at radius 3 is 2.89 bits per heavy atom. The van der Waals surface area contributed by atoms with E-state index < -0.39 is 6.04 Å². The predicted molar refractivity (Wildman–Crippen MR) is 107 cm³/mol. The Balaban J connectivity index is 1.48. The van der Waals surface area contributed by atoms with Crippen LogP contribution >= 0.6 is 11.6 Å². The van der Waals surface area contributed by atoms with Gasteiger partial charge in [-0.2, -0.15) is 0 Å². The number of amides is 1. The van der Waals surface area contributed by atoms with E-state index in [1.165, 1.54) is 12.8 Å². The van der Waals surface area contributed by atoms with Crippen molar-refractivity contribution in [3.8, 4) is 5.69 Å². The van der Waals surface area contributed by atoms with E-state index in [2.05, 4.69) is 20.6 Å². The summed E-state index contributed by atoms with van der Waals surface area (Å²) in [6, 6.07) is 10.8. The molecular weight excluding hydrogens is 378 g/mol. The quantitative estimate of drug-likeness (QED) is 0.570. The number of aliphatic hydroxyl groups excluding tert-OH is 1. The van der Waals surface area contributed by atoms with E-state index >= 15 is 0 Å². The molecule has 3 aromatic rings. The summed E-state index contributed by atoms with van der Waals surface area (Å²) in [6.45, 7) is -0.243. The second-order valence-corrected chi connectivity index (χ2v) is 7.18. The number of rotatable bonds is 7. The van der Waals surface area contributed by atoms with Crippen molar-refractivity contribution < 1.29 is 9.90 Å². The zero-order valence-electron chi connectivity index (χ0n) is 15.0. The van der Waals surface area contributed by atoms with Crippen LogP contribution in [0.2, 0.25) is 5.02 Å². The lowest BCUT2D eigenvalue weighted by molar-refractivity contribution is 0.0911. The van der Waals surface area contributed by atoms with Crippen molar-refractivity contribution in [3.63, 3.8) is 0 Å². The fraction of sp³-hybridized carbons (Fsp3) is 0.250.